The number of rotatable bonds is 4. The SMILES string of the molecule is COc1cc(OC)c(F)c(CN2CCNCC2)c1F. The number of hydrogen-bond donors (Lipinski definition) is 1. The van der Waals surface area contributed by atoms with Crippen LogP contribution < -0.4 is 14.8 Å². The van der Waals surface area contributed by atoms with E-state index in [-0.39, 0.29) is 23.6 Å². The van der Waals surface area contributed by atoms with E-state index in [1.807, 2.05) is 4.90 Å². The molecule has 1 N–H and O–H groups in total. The van der Waals surface area contributed by atoms with E-state index in [1.165, 1.54) is 20.3 Å². The Morgan fingerprint density at radius 3 is 2.11 bits per heavy atom. The highest BCUT2D eigenvalue weighted by atomic mass is 19.1. The molecule has 0 radical (unpaired) electrons. The molecule has 0 bridgehead atoms. The second kappa shape index (κ2) is 6.16. The first-order valence-corrected chi connectivity index (χ1v) is 6.19. The second-order valence-electron chi connectivity index (χ2n) is 4.41. The van der Waals surface area contributed by atoms with Crippen LogP contribution in [0.3, 0.4) is 0 Å². The fourth-order valence-electron chi connectivity index (χ4n) is 2.17. The van der Waals surface area contributed by atoms with Crippen LogP contribution in [-0.2, 0) is 6.54 Å². The van der Waals surface area contributed by atoms with Crippen molar-refractivity contribution in [2.24, 2.45) is 0 Å². The summed E-state index contributed by atoms with van der Waals surface area (Å²) in [6.07, 6.45) is 0. The van der Waals surface area contributed by atoms with Gasteiger partial charge in [0.25, 0.3) is 0 Å². The predicted octanol–water partition coefficient (Wildman–Crippen LogP) is 1.39. The van der Waals surface area contributed by atoms with E-state index >= 15 is 0 Å². The first-order valence-electron chi connectivity index (χ1n) is 6.19. The van der Waals surface area contributed by atoms with Crippen LogP contribution in [0.2, 0.25) is 0 Å². The van der Waals surface area contributed by atoms with Gasteiger partial charge in [0.15, 0.2) is 23.1 Å². The molecular weight excluding hydrogens is 254 g/mol. The van der Waals surface area contributed by atoms with Crippen molar-refractivity contribution in [2.75, 3.05) is 40.4 Å². The largest absolute Gasteiger partial charge is 0.494 e. The summed E-state index contributed by atoms with van der Waals surface area (Å²) in [4.78, 5) is 2.00. The van der Waals surface area contributed by atoms with E-state index in [9.17, 15) is 8.78 Å². The summed E-state index contributed by atoms with van der Waals surface area (Å²) in [6.45, 7) is 3.39. The van der Waals surface area contributed by atoms with Crippen molar-refractivity contribution in [3.05, 3.63) is 23.3 Å². The predicted molar refractivity (Wildman–Crippen MR) is 67.6 cm³/mol. The zero-order valence-electron chi connectivity index (χ0n) is 11.1. The van der Waals surface area contributed by atoms with E-state index in [4.69, 9.17) is 9.47 Å². The molecule has 0 unspecified atom stereocenters. The summed E-state index contributed by atoms with van der Waals surface area (Å²) in [6, 6.07) is 1.23. The minimum absolute atomic E-state index is 0.00176. The highest BCUT2D eigenvalue weighted by molar-refractivity contribution is 5.41. The molecule has 0 aromatic heterocycles. The normalized spacial score (nSPS) is 16.4. The van der Waals surface area contributed by atoms with Gasteiger partial charge in [-0.15, -0.1) is 0 Å². The zero-order chi connectivity index (χ0) is 13.8. The molecule has 1 fully saturated rings. The molecule has 1 aromatic rings. The topological polar surface area (TPSA) is 33.7 Å². The van der Waals surface area contributed by atoms with E-state index in [0.29, 0.717) is 0 Å². The lowest BCUT2D eigenvalue weighted by atomic mass is 10.1. The third-order valence-electron chi connectivity index (χ3n) is 3.26. The van der Waals surface area contributed by atoms with Crippen LogP contribution in [0.5, 0.6) is 11.5 Å². The maximum Gasteiger partial charge on any atom is 0.172 e. The molecule has 1 aliphatic heterocycles. The number of halogens is 2. The van der Waals surface area contributed by atoms with Crippen LogP contribution in [0, 0.1) is 11.6 Å². The first-order chi connectivity index (χ1) is 9.17. The average Bonchev–Trinajstić information content (AvgIpc) is 2.45. The Kier molecular flexibility index (Phi) is 4.55. The van der Waals surface area contributed by atoms with Crippen molar-refractivity contribution < 1.29 is 18.3 Å². The van der Waals surface area contributed by atoms with Gasteiger partial charge in [0.1, 0.15) is 0 Å². The summed E-state index contributed by atoms with van der Waals surface area (Å²) in [5, 5.41) is 3.20. The average molecular weight is 272 g/mol. The first kappa shape index (κ1) is 14.0. The summed E-state index contributed by atoms with van der Waals surface area (Å²) >= 11 is 0. The molecule has 0 atom stereocenters. The van der Waals surface area contributed by atoms with Crippen LogP contribution in [0.15, 0.2) is 6.07 Å². The van der Waals surface area contributed by atoms with Crippen molar-refractivity contribution >= 4 is 0 Å². The molecule has 1 aromatic carbocycles. The van der Waals surface area contributed by atoms with Crippen LogP contribution >= 0.6 is 0 Å². The van der Waals surface area contributed by atoms with Crippen LogP contribution in [0.25, 0.3) is 0 Å². The van der Waals surface area contributed by atoms with Gasteiger partial charge in [-0.25, -0.2) is 8.78 Å². The Labute approximate surface area is 111 Å². The molecule has 0 aliphatic carbocycles. The third kappa shape index (κ3) is 2.96. The molecule has 106 valence electrons. The van der Waals surface area contributed by atoms with Gasteiger partial charge in [0.2, 0.25) is 0 Å². The molecule has 0 spiro atoms. The molecule has 1 saturated heterocycles. The van der Waals surface area contributed by atoms with Crippen molar-refractivity contribution in [2.45, 2.75) is 6.54 Å². The number of ether oxygens (including phenoxy) is 2. The molecule has 1 aliphatic rings. The Morgan fingerprint density at radius 2 is 1.63 bits per heavy atom. The monoisotopic (exact) mass is 272 g/mol. The Morgan fingerprint density at radius 1 is 1.11 bits per heavy atom. The van der Waals surface area contributed by atoms with Gasteiger partial charge in [-0.2, -0.15) is 0 Å². The van der Waals surface area contributed by atoms with E-state index in [2.05, 4.69) is 5.32 Å². The van der Waals surface area contributed by atoms with Crippen molar-refractivity contribution in [1.82, 2.24) is 10.2 Å². The summed E-state index contributed by atoms with van der Waals surface area (Å²) in [5.41, 5.74) is -0.00176. The fourth-order valence-corrected chi connectivity index (χ4v) is 2.17. The van der Waals surface area contributed by atoms with Gasteiger partial charge >= 0.3 is 0 Å². The lowest BCUT2D eigenvalue weighted by molar-refractivity contribution is 0.224. The number of methoxy groups -OCH3 is 2. The third-order valence-corrected chi connectivity index (χ3v) is 3.26. The van der Waals surface area contributed by atoms with Gasteiger partial charge in [-0.3, -0.25) is 4.90 Å². The molecule has 4 nitrogen and oxygen atoms in total. The van der Waals surface area contributed by atoms with Crippen LogP contribution in [-0.4, -0.2) is 45.3 Å². The maximum atomic E-state index is 14.1. The molecule has 2 rings (SSSR count). The zero-order valence-corrected chi connectivity index (χ0v) is 11.1. The Hall–Kier alpha value is -1.40. The molecule has 0 saturated carbocycles. The quantitative estimate of drug-likeness (QED) is 0.898. The highest BCUT2D eigenvalue weighted by Gasteiger charge is 2.22. The van der Waals surface area contributed by atoms with Gasteiger partial charge in [0.05, 0.1) is 14.2 Å². The fraction of sp³-hybridized carbons (Fsp3) is 0.538. The lowest BCUT2D eigenvalue weighted by Crippen LogP contribution is -2.43. The molecule has 6 heteroatoms. The standard InChI is InChI=1S/C13H18F2N2O2/c1-18-10-7-11(19-2)13(15)9(12(10)14)8-17-5-3-16-4-6-17/h7,16H,3-6,8H2,1-2H3. The van der Waals surface area contributed by atoms with E-state index in [0.717, 1.165) is 26.2 Å². The smallest absolute Gasteiger partial charge is 0.172 e. The summed E-state index contributed by atoms with van der Waals surface area (Å²) in [7, 11) is 2.70. The van der Waals surface area contributed by atoms with Gasteiger partial charge in [0, 0.05) is 44.4 Å². The Balaban J connectivity index is 2.31. The van der Waals surface area contributed by atoms with Crippen molar-refractivity contribution in [3.8, 4) is 11.5 Å². The lowest BCUT2D eigenvalue weighted by Gasteiger charge is -2.27. The van der Waals surface area contributed by atoms with Crippen LogP contribution in [0.1, 0.15) is 5.56 Å². The number of nitrogens with zero attached hydrogens (tertiary/aromatic N) is 1. The minimum Gasteiger partial charge on any atom is -0.494 e. The number of hydrogen-bond acceptors (Lipinski definition) is 4. The summed E-state index contributed by atoms with van der Waals surface area (Å²) < 4.78 is 38.1. The minimum atomic E-state index is -0.653. The van der Waals surface area contributed by atoms with Gasteiger partial charge in [-0.05, 0) is 0 Å². The number of benzene rings is 1. The van der Waals surface area contributed by atoms with Gasteiger partial charge < -0.3 is 14.8 Å². The Bertz CT molecular complexity index is 421. The van der Waals surface area contributed by atoms with Gasteiger partial charge in [-0.1, -0.05) is 0 Å². The number of nitrogens with one attached hydrogen (secondary N) is 1. The van der Waals surface area contributed by atoms with E-state index in [1.54, 1.807) is 0 Å². The molecule has 1 heterocycles. The van der Waals surface area contributed by atoms with Crippen LogP contribution in [0.4, 0.5) is 8.78 Å². The van der Waals surface area contributed by atoms with Crippen molar-refractivity contribution in [1.29, 1.82) is 0 Å². The summed E-state index contributed by atoms with van der Waals surface area (Å²) in [5.74, 6) is -1.30. The molecule has 0 amide bonds. The highest BCUT2D eigenvalue weighted by Crippen LogP contribution is 2.31. The molecule has 19 heavy (non-hydrogen) atoms. The number of piperazine rings is 1. The maximum absolute atomic E-state index is 14.1. The molecular formula is C13H18F2N2O2. The van der Waals surface area contributed by atoms with E-state index < -0.39 is 11.6 Å². The van der Waals surface area contributed by atoms with Crippen molar-refractivity contribution in [3.63, 3.8) is 0 Å². The second-order valence-corrected chi connectivity index (χ2v) is 4.41.